The topological polar surface area (TPSA) is 62.9 Å². The molecule has 0 saturated carbocycles. The fourth-order valence-electron chi connectivity index (χ4n) is 4.15. The second-order valence-corrected chi connectivity index (χ2v) is 8.47. The van der Waals surface area contributed by atoms with E-state index in [1.165, 1.54) is 10.4 Å². The van der Waals surface area contributed by atoms with Gasteiger partial charge in [-0.2, -0.15) is 9.78 Å². The third-order valence-electron chi connectivity index (χ3n) is 6.13. The number of fused-ring (bicyclic) bond motifs is 1. The van der Waals surface area contributed by atoms with Crippen molar-refractivity contribution in [1.82, 2.24) is 9.66 Å². The van der Waals surface area contributed by atoms with Crippen molar-refractivity contribution in [1.29, 1.82) is 0 Å². The number of aromatic nitrogens is 2. The van der Waals surface area contributed by atoms with Crippen LogP contribution < -0.4 is 10.5 Å². The standard InChI is InChI=1S/C26H37N5O/c1-7-11-13-21-23(14-12-8-2)28-25-24(19(6)29-31(25)26(21)32)27-22-16-15-20(17-18(22)5)30(9-3)10-4/h15-17H,7-14H2,1-6H3. The third kappa shape index (κ3) is 4.84. The lowest BCUT2D eigenvalue weighted by Gasteiger charge is -2.21. The predicted octanol–water partition coefficient (Wildman–Crippen LogP) is 5.44. The second-order valence-electron chi connectivity index (χ2n) is 8.47. The maximum Gasteiger partial charge on any atom is 0.277 e. The van der Waals surface area contributed by atoms with Crippen molar-refractivity contribution in [3.05, 3.63) is 51.2 Å². The summed E-state index contributed by atoms with van der Waals surface area (Å²) in [6, 6.07) is 6.34. The number of unbranched alkanes of at least 4 members (excludes halogenated alkanes) is 2. The lowest BCUT2D eigenvalue weighted by atomic mass is 10.0. The average Bonchev–Trinajstić information content (AvgIpc) is 3.09. The molecule has 2 heterocycles. The summed E-state index contributed by atoms with van der Waals surface area (Å²) in [7, 11) is 0. The first-order valence-electron chi connectivity index (χ1n) is 12.1. The van der Waals surface area contributed by atoms with E-state index in [0.29, 0.717) is 11.5 Å². The molecule has 1 aromatic carbocycles. The molecule has 0 radical (unpaired) electrons. The van der Waals surface area contributed by atoms with Crippen molar-refractivity contribution in [2.75, 3.05) is 18.0 Å². The van der Waals surface area contributed by atoms with E-state index in [2.05, 4.69) is 62.8 Å². The van der Waals surface area contributed by atoms with Crippen molar-refractivity contribution in [3.8, 4) is 0 Å². The molecule has 0 fully saturated rings. The minimum Gasteiger partial charge on any atom is -0.372 e. The molecule has 1 aliphatic rings. The fraction of sp³-hybridized carbons (Fsp3) is 0.538. The summed E-state index contributed by atoms with van der Waals surface area (Å²) in [6.07, 6.45) is 5.70. The number of anilines is 1. The molecule has 0 N–H and O–H groups in total. The van der Waals surface area contributed by atoms with Gasteiger partial charge in [0.05, 0.1) is 17.1 Å². The molecular formula is C26H37N5O. The molecule has 0 amide bonds. The Bertz CT molecular complexity index is 1080. The molecule has 6 heteroatoms. The Morgan fingerprint density at radius 3 is 2.31 bits per heavy atom. The molecule has 0 atom stereocenters. The van der Waals surface area contributed by atoms with Gasteiger partial charge in [-0.15, -0.1) is 0 Å². The van der Waals surface area contributed by atoms with Gasteiger partial charge in [0.1, 0.15) is 5.71 Å². The number of hydrogen-bond acceptors (Lipinski definition) is 5. The molecule has 0 bridgehead atoms. The highest BCUT2D eigenvalue weighted by atomic mass is 16.1. The molecule has 32 heavy (non-hydrogen) atoms. The Kier molecular flexibility index (Phi) is 7.99. The zero-order chi connectivity index (χ0) is 23.3. The number of aryl methyl sites for hydroxylation is 2. The van der Waals surface area contributed by atoms with Gasteiger partial charge in [0, 0.05) is 24.3 Å². The van der Waals surface area contributed by atoms with Crippen molar-refractivity contribution >= 4 is 22.8 Å². The Morgan fingerprint density at radius 1 is 1.00 bits per heavy atom. The van der Waals surface area contributed by atoms with Crippen molar-refractivity contribution in [2.45, 2.75) is 80.1 Å². The number of nitrogens with zero attached hydrogens (tertiary/aromatic N) is 5. The smallest absolute Gasteiger partial charge is 0.277 e. The normalized spacial score (nSPS) is 14.1. The molecule has 2 aromatic rings. The maximum absolute atomic E-state index is 13.3. The van der Waals surface area contributed by atoms with Crippen LogP contribution in [-0.4, -0.2) is 34.2 Å². The summed E-state index contributed by atoms with van der Waals surface area (Å²) in [6.45, 7) is 14.6. The monoisotopic (exact) mass is 435 g/mol. The molecule has 0 aliphatic carbocycles. The van der Waals surface area contributed by atoms with Gasteiger partial charge < -0.3 is 4.90 Å². The highest BCUT2D eigenvalue weighted by molar-refractivity contribution is 6.48. The Hall–Kier alpha value is -2.76. The van der Waals surface area contributed by atoms with Crippen LogP contribution in [-0.2, 0) is 12.8 Å². The predicted molar refractivity (Wildman–Crippen MR) is 135 cm³/mol. The van der Waals surface area contributed by atoms with E-state index in [4.69, 9.17) is 9.98 Å². The second kappa shape index (κ2) is 10.7. The van der Waals surface area contributed by atoms with Gasteiger partial charge in [-0.05, 0) is 77.1 Å². The largest absolute Gasteiger partial charge is 0.372 e. The van der Waals surface area contributed by atoms with E-state index >= 15 is 0 Å². The lowest BCUT2D eigenvalue weighted by Crippen LogP contribution is -2.27. The molecule has 0 spiro atoms. The number of hydrogen-bond donors (Lipinski definition) is 0. The van der Waals surface area contributed by atoms with Crippen LogP contribution in [0.1, 0.15) is 82.9 Å². The quantitative estimate of drug-likeness (QED) is 0.499. The summed E-state index contributed by atoms with van der Waals surface area (Å²) in [4.78, 5) is 25.5. The van der Waals surface area contributed by atoms with Crippen molar-refractivity contribution < 1.29 is 0 Å². The van der Waals surface area contributed by atoms with Gasteiger partial charge >= 0.3 is 0 Å². The van der Waals surface area contributed by atoms with E-state index in [0.717, 1.165) is 79.8 Å². The van der Waals surface area contributed by atoms with Gasteiger partial charge in [-0.1, -0.05) is 26.7 Å². The molecule has 172 valence electrons. The maximum atomic E-state index is 13.3. The van der Waals surface area contributed by atoms with Crippen LogP contribution in [0.2, 0.25) is 0 Å². The molecule has 6 nitrogen and oxygen atoms in total. The highest BCUT2D eigenvalue weighted by Crippen LogP contribution is 2.26. The average molecular weight is 436 g/mol. The van der Waals surface area contributed by atoms with Crippen LogP contribution >= 0.6 is 0 Å². The fourth-order valence-corrected chi connectivity index (χ4v) is 4.15. The molecule has 3 rings (SSSR count). The van der Waals surface area contributed by atoms with E-state index in [1.807, 2.05) is 6.92 Å². The number of aliphatic imine (C=N–C) groups is 1. The first-order valence-corrected chi connectivity index (χ1v) is 12.1. The highest BCUT2D eigenvalue weighted by Gasteiger charge is 2.26. The SMILES string of the molecule is CCCCc1nc2n(c(=O)c1CCCC)N=C(C)C2=Nc1ccc(N(CC)CC)cc1C. The van der Waals surface area contributed by atoms with Gasteiger partial charge in [-0.25, -0.2) is 9.98 Å². The zero-order valence-corrected chi connectivity index (χ0v) is 20.5. The summed E-state index contributed by atoms with van der Waals surface area (Å²) in [5.41, 5.74) is 6.32. The van der Waals surface area contributed by atoms with Gasteiger partial charge in [0.25, 0.3) is 5.56 Å². The lowest BCUT2D eigenvalue weighted by molar-refractivity contribution is 0.692. The van der Waals surface area contributed by atoms with Crippen LogP contribution in [0, 0.1) is 6.92 Å². The van der Waals surface area contributed by atoms with Crippen LogP contribution in [0.3, 0.4) is 0 Å². The van der Waals surface area contributed by atoms with Gasteiger partial charge in [-0.3, -0.25) is 4.79 Å². The third-order valence-corrected chi connectivity index (χ3v) is 6.13. The minimum absolute atomic E-state index is 0.0345. The van der Waals surface area contributed by atoms with E-state index < -0.39 is 0 Å². The summed E-state index contributed by atoms with van der Waals surface area (Å²) >= 11 is 0. The van der Waals surface area contributed by atoms with E-state index in [9.17, 15) is 4.79 Å². The van der Waals surface area contributed by atoms with Crippen LogP contribution in [0.4, 0.5) is 11.4 Å². The Balaban J connectivity index is 2.07. The van der Waals surface area contributed by atoms with Crippen molar-refractivity contribution in [3.63, 3.8) is 0 Å². The first-order chi connectivity index (χ1) is 15.4. The summed E-state index contributed by atoms with van der Waals surface area (Å²) in [5, 5.41) is 4.54. The van der Waals surface area contributed by atoms with Gasteiger partial charge in [0.15, 0.2) is 5.82 Å². The van der Waals surface area contributed by atoms with Crippen LogP contribution in [0.15, 0.2) is 33.1 Å². The van der Waals surface area contributed by atoms with Crippen molar-refractivity contribution in [2.24, 2.45) is 10.1 Å². The summed E-state index contributed by atoms with van der Waals surface area (Å²) in [5.74, 6) is 0.575. The van der Waals surface area contributed by atoms with E-state index in [1.54, 1.807) is 0 Å². The number of rotatable bonds is 10. The van der Waals surface area contributed by atoms with Gasteiger partial charge in [0.2, 0.25) is 0 Å². The summed E-state index contributed by atoms with van der Waals surface area (Å²) < 4.78 is 1.47. The molecule has 1 aliphatic heterocycles. The van der Waals surface area contributed by atoms with E-state index in [-0.39, 0.29) is 5.56 Å². The Morgan fingerprint density at radius 2 is 1.69 bits per heavy atom. The molecule has 0 unspecified atom stereocenters. The van der Waals surface area contributed by atoms with Crippen LogP contribution in [0.5, 0.6) is 0 Å². The first kappa shape index (κ1) is 23.9. The zero-order valence-electron chi connectivity index (χ0n) is 20.5. The van der Waals surface area contributed by atoms with Crippen LogP contribution in [0.25, 0.3) is 0 Å². The molecule has 1 aromatic heterocycles. The molecular weight excluding hydrogens is 398 g/mol. The minimum atomic E-state index is -0.0345. The number of benzene rings is 1. The molecule has 0 saturated heterocycles. The Labute approximate surface area is 192 Å².